The number of esters is 1. The number of unbranched alkanes of at least 4 members (excludes halogenated alkanes) is 4. The molecular weight excluding hydrogens is 312 g/mol. The molecule has 1 aromatic rings. The summed E-state index contributed by atoms with van der Waals surface area (Å²) in [7, 11) is 0. The lowest BCUT2D eigenvalue weighted by atomic mass is 10.1. The van der Waals surface area contributed by atoms with Crippen molar-refractivity contribution in [1.29, 1.82) is 0 Å². The summed E-state index contributed by atoms with van der Waals surface area (Å²) in [6.07, 6.45) is 3.88. The van der Waals surface area contributed by atoms with E-state index in [0.29, 0.717) is 12.8 Å². The number of carboxylic acids is 2. The quantitative estimate of drug-likeness (QED) is 0.470. The van der Waals surface area contributed by atoms with Crippen LogP contribution in [-0.4, -0.2) is 34.2 Å². The number of carbonyl (C=O) groups is 3. The predicted molar refractivity (Wildman–Crippen MR) is 88.2 cm³/mol. The van der Waals surface area contributed by atoms with Crippen LogP contribution in [0.25, 0.3) is 0 Å². The Hall–Kier alpha value is -2.37. The Balaban J connectivity index is 2.68. The lowest BCUT2D eigenvalue weighted by molar-refractivity contribution is -0.137. The fourth-order valence-electron chi connectivity index (χ4n) is 2.16. The van der Waals surface area contributed by atoms with Crippen LogP contribution in [0.2, 0.25) is 0 Å². The second kappa shape index (κ2) is 10.4. The van der Waals surface area contributed by atoms with E-state index in [1.165, 1.54) is 0 Å². The smallest absolute Gasteiger partial charge is 0.339 e. The van der Waals surface area contributed by atoms with E-state index in [4.69, 9.17) is 15.3 Å². The van der Waals surface area contributed by atoms with E-state index < -0.39 is 59.3 Å². The maximum absolute atomic E-state index is 12.4. The van der Waals surface area contributed by atoms with E-state index in [2.05, 4.69) is 0 Å². The number of carbonyl (C=O) groups excluding carboxylic acids is 1. The van der Waals surface area contributed by atoms with Crippen LogP contribution < -0.4 is 0 Å². The highest BCUT2D eigenvalue weighted by molar-refractivity contribution is 6.02. The largest absolute Gasteiger partial charge is 0.481 e. The van der Waals surface area contributed by atoms with Crippen molar-refractivity contribution in [1.82, 2.24) is 0 Å². The van der Waals surface area contributed by atoms with Gasteiger partial charge >= 0.3 is 17.9 Å². The molecule has 0 saturated carbocycles. The molecule has 0 heterocycles. The second-order valence-corrected chi connectivity index (χ2v) is 5.47. The first-order valence-corrected chi connectivity index (χ1v) is 7.84. The highest BCUT2D eigenvalue weighted by Crippen LogP contribution is 2.14. The molecule has 2 N–H and O–H groups in total. The van der Waals surface area contributed by atoms with Crippen molar-refractivity contribution in [3.63, 3.8) is 0 Å². The molecular formula is C18H24O6. The molecule has 1 aromatic carbocycles. The zero-order valence-electron chi connectivity index (χ0n) is 17.6. The molecule has 1 atom stereocenters. The van der Waals surface area contributed by atoms with E-state index >= 15 is 0 Å². The van der Waals surface area contributed by atoms with Crippen molar-refractivity contribution in [2.75, 3.05) is 0 Å². The van der Waals surface area contributed by atoms with Gasteiger partial charge in [0.1, 0.15) is 0 Å². The highest BCUT2D eigenvalue weighted by Gasteiger charge is 2.18. The Morgan fingerprint density at radius 3 is 2.25 bits per heavy atom. The van der Waals surface area contributed by atoms with Gasteiger partial charge in [0.2, 0.25) is 0 Å². The Labute approximate surface area is 147 Å². The molecule has 0 radical (unpaired) electrons. The lowest BCUT2D eigenvalue weighted by Gasteiger charge is -2.14. The highest BCUT2D eigenvalue weighted by atomic mass is 16.5. The van der Waals surface area contributed by atoms with Crippen LogP contribution in [0.5, 0.6) is 0 Å². The number of ether oxygens (including phenoxy) is 1. The average Bonchev–Trinajstić information content (AvgIpc) is 2.61. The number of rotatable bonds is 11. The van der Waals surface area contributed by atoms with Crippen LogP contribution in [0, 0.1) is 0 Å². The van der Waals surface area contributed by atoms with E-state index in [0.717, 1.165) is 25.7 Å². The average molecular weight is 340 g/mol. The Morgan fingerprint density at radius 2 is 1.62 bits per heavy atom. The summed E-state index contributed by atoms with van der Waals surface area (Å²) in [5, 5.41) is 17.8. The molecule has 0 fully saturated rings. The lowest BCUT2D eigenvalue weighted by Crippen LogP contribution is -2.17. The topological polar surface area (TPSA) is 101 Å². The summed E-state index contributed by atoms with van der Waals surface area (Å²) < 4.78 is 35.8. The van der Waals surface area contributed by atoms with Crippen LogP contribution >= 0.6 is 0 Å². The Bertz CT molecular complexity index is 750. The molecule has 0 amide bonds. The maximum Gasteiger partial charge on any atom is 0.339 e. The van der Waals surface area contributed by atoms with Crippen molar-refractivity contribution >= 4 is 17.9 Å². The summed E-state index contributed by atoms with van der Waals surface area (Å²) in [6.45, 7) is 1.62. The summed E-state index contributed by atoms with van der Waals surface area (Å²) in [4.78, 5) is 34.2. The minimum absolute atomic E-state index is 0.141. The summed E-state index contributed by atoms with van der Waals surface area (Å²) in [6, 6.07) is -2.96. The van der Waals surface area contributed by atoms with Gasteiger partial charge in [-0.3, -0.25) is 4.79 Å². The number of benzene rings is 1. The third kappa shape index (κ3) is 7.26. The van der Waals surface area contributed by atoms with Crippen LogP contribution in [0.3, 0.4) is 0 Å². The minimum atomic E-state index is -1.63. The summed E-state index contributed by atoms with van der Waals surface area (Å²) in [5.74, 6) is -3.55. The van der Waals surface area contributed by atoms with Gasteiger partial charge in [-0.25, -0.2) is 9.59 Å². The molecule has 0 bridgehead atoms. The van der Waals surface area contributed by atoms with Crippen molar-refractivity contribution in [2.24, 2.45) is 0 Å². The Kier molecular flexibility index (Phi) is 6.08. The van der Waals surface area contributed by atoms with Crippen LogP contribution in [0.1, 0.15) is 78.1 Å². The maximum atomic E-state index is 12.4. The first kappa shape index (κ1) is 14.0. The molecule has 0 spiro atoms. The summed E-state index contributed by atoms with van der Waals surface area (Å²) >= 11 is 0. The van der Waals surface area contributed by atoms with Gasteiger partial charge in [-0.2, -0.15) is 0 Å². The third-order valence-electron chi connectivity index (χ3n) is 3.42. The van der Waals surface area contributed by atoms with Crippen molar-refractivity contribution in [3.8, 4) is 0 Å². The van der Waals surface area contributed by atoms with Crippen LogP contribution in [0.4, 0.5) is 0 Å². The molecule has 6 nitrogen and oxygen atoms in total. The molecule has 1 rings (SSSR count). The van der Waals surface area contributed by atoms with E-state index in [1.807, 2.05) is 0 Å². The second-order valence-electron chi connectivity index (χ2n) is 5.47. The Morgan fingerprint density at radius 1 is 1.04 bits per heavy atom. The SMILES string of the molecule is [2H]c1c([2H])c([2H])c(C(=O)OC(C)CCCCCCCC(=O)O)c(C(=O)O)c1[2H]. The number of carboxylic acid groups (broad SMARTS) is 2. The van der Waals surface area contributed by atoms with Gasteiger partial charge in [-0.05, 0) is 38.3 Å². The number of hydrogen-bond acceptors (Lipinski definition) is 4. The standard InChI is InChI=1S/C18H24O6/c1-13(9-5-3-2-4-6-12-16(19)20)24-18(23)15-11-8-7-10-14(15)17(21)22/h7-8,10-11,13H,2-6,9,12H2,1H3,(H,19,20)(H,21,22)/i7D,8D,10D,11D. The van der Waals surface area contributed by atoms with Gasteiger partial charge in [-0.1, -0.05) is 31.3 Å². The van der Waals surface area contributed by atoms with Crippen LogP contribution in [-0.2, 0) is 9.53 Å². The van der Waals surface area contributed by atoms with Gasteiger partial charge in [0.15, 0.2) is 0 Å². The predicted octanol–water partition coefficient (Wildman–Crippen LogP) is 3.75. The minimum Gasteiger partial charge on any atom is -0.481 e. The van der Waals surface area contributed by atoms with Gasteiger partial charge < -0.3 is 14.9 Å². The molecule has 1 unspecified atom stereocenters. The van der Waals surface area contributed by atoms with Crippen LogP contribution in [0.15, 0.2) is 24.2 Å². The number of aliphatic carboxylic acids is 1. The van der Waals surface area contributed by atoms with E-state index in [-0.39, 0.29) is 6.42 Å². The van der Waals surface area contributed by atoms with Crippen molar-refractivity contribution in [3.05, 3.63) is 35.3 Å². The number of hydrogen-bond donors (Lipinski definition) is 2. The molecule has 0 aliphatic carbocycles. The van der Waals surface area contributed by atoms with E-state index in [1.54, 1.807) is 6.92 Å². The molecule has 0 aliphatic rings. The molecule has 132 valence electrons. The van der Waals surface area contributed by atoms with Gasteiger partial charge in [-0.15, -0.1) is 0 Å². The van der Waals surface area contributed by atoms with E-state index in [9.17, 15) is 19.5 Å². The number of aromatic carboxylic acids is 1. The molecule has 24 heavy (non-hydrogen) atoms. The molecule has 0 saturated heterocycles. The van der Waals surface area contributed by atoms with Gasteiger partial charge in [0.05, 0.1) is 22.7 Å². The third-order valence-corrected chi connectivity index (χ3v) is 3.42. The van der Waals surface area contributed by atoms with Gasteiger partial charge in [0.25, 0.3) is 0 Å². The first-order valence-electron chi connectivity index (χ1n) is 9.84. The normalized spacial score (nSPS) is 14.0. The fraction of sp³-hybridized carbons (Fsp3) is 0.500. The van der Waals surface area contributed by atoms with Crippen molar-refractivity contribution in [2.45, 2.75) is 58.0 Å². The fourth-order valence-corrected chi connectivity index (χ4v) is 2.16. The molecule has 0 aliphatic heterocycles. The first-order chi connectivity index (χ1) is 13.1. The molecule has 0 aromatic heterocycles. The van der Waals surface area contributed by atoms with Gasteiger partial charge in [0, 0.05) is 6.42 Å². The summed E-state index contributed by atoms with van der Waals surface area (Å²) in [5.41, 5.74) is -1.49. The monoisotopic (exact) mass is 340 g/mol. The zero-order chi connectivity index (χ0) is 21.4. The molecule has 6 heteroatoms. The van der Waals surface area contributed by atoms with Crippen molar-refractivity contribution < 1.29 is 34.8 Å². The zero-order valence-corrected chi connectivity index (χ0v) is 13.6.